The summed E-state index contributed by atoms with van der Waals surface area (Å²) >= 11 is 0. The first-order valence-corrected chi connectivity index (χ1v) is 6.89. The molecular formula is C13H25N3O. The SMILES string of the molecule is CN1CCC(NC(=O)[C@@H]2CCC[C@@H]2CN)CC1. The fourth-order valence-corrected chi connectivity index (χ4v) is 3.13. The van der Waals surface area contributed by atoms with Gasteiger partial charge in [-0.05, 0) is 58.3 Å². The van der Waals surface area contributed by atoms with Crippen molar-refractivity contribution in [1.82, 2.24) is 10.2 Å². The summed E-state index contributed by atoms with van der Waals surface area (Å²) in [5.41, 5.74) is 5.73. The van der Waals surface area contributed by atoms with Crippen LogP contribution in [-0.4, -0.2) is 43.5 Å². The summed E-state index contributed by atoms with van der Waals surface area (Å²) in [7, 11) is 2.14. The van der Waals surface area contributed by atoms with Crippen LogP contribution in [0.15, 0.2) is 0 Å². The molecule has 1 aliphatic carbocycles. The van der Waals surface area contributed by atoms with Crippen LogP contribution in [0, 0.1) is 11.8 Å². The van der Waals surface area contributed by atoms with E-state index < -0.39 is 0 Å². The Morgan fingerprint density at radius 3 is 2.65 bits per heavy atom. The molecule has 0 aromatic heterocycles. The van der Waals surface area contributed by atoms with Crippen molar-refractivity contribution in [2.45, 2.75) is 38.1 Å². The number of carbonyl (C=O) groups is 1. The molecule has 1 amide bonds. The van der Waals surface area contributed by atoms with Gasteiger partial charge in [-0.25, -0.2) is 0 Å². The third-order valence-electron chi connectivity index (χ3n) is 4.36. The maximum Gasteiger partial charge on any atom is 0.223 e. The minimum Gasteiger partial charge on any atom is -0.353 e. The molecule has 98 valence electrons. The molecular weight excluding hydrogens is 214 g/mol. The third-order valence-corrected chi connectivity index (χ3v) is 4.36. The molecule has 1 saturated heterocycles. The summed E-state index contributed by atoms with van der Waals surface area (Å²) in [5, 5.41) is 3.22. The lowest BCUT2D eigenvalue weighted by Gasteiger charge is -2.30. The largest absolute Gasteiger partial charge is 0.353 e. The Bertz CT molecular complexity index is 261. The highest BCUT2D eigenvalue weighted by molar-refractivity contribution is 5.79. The van der Waals surface area contributed by atoms with Crippen LogP contribution < -0.4 is 11.1 Å². The van der Waals surface area contributed by atoms with E-state index in [0.29, 0.717) is 18.5 Å². The minimum atomic E-state index is 0.180. The highest BCUT2D eigenvalue weighted by Gasteiger charge is 2.33. The number of nitrogens with one attached hydrogen (secondary N) is 1. The van der Waals surface area contributed by atoms with Crippen LogP contribution in [0.5, 0.6) is 0 Å². The van der Waals surface area contributed by atoms with Crippen LogP contribution in [-0.2, 0) is 4.79 Å². The van der Waals surface area contributed by atoms with Gasteiger partial charge in [0.2, 0.25) is 5.91 Å². The van der Waals surface area contributed by atoms with Crippen molar-refractivity contribution in [1.29, 1.82) is 0 Å². The number of rotatable bonds is 3. The van der Waals surface area contributed by atoms with Crippen molar-refractivity contribution in [3.8, 4) is 0 Å². The van der Waals surface area contributed by atoms with Crippen molar-refractivity contribution in [2.24, 2.45) is 17.6 Å². The Hall–Kier alpha value is -0.610. The van der Waals surface area contributed by atoms with Gasteiger partial charge in [0.15, 0.2) is 0 Å². The van der Waals surface area contributed by atoms with E-state index in [0.717, 1.165) is 45.2 Å². The van der Waals surface area contributed by atoms with Crippen molar-refractivity contribution in [3.63, 3.8) is 0 Å². The quantitative estimate of drug-likeness (QED) is 0.757. The topological polar surface area (TPSA) is 58.4 Å². The van der Waals surface area contributed by atoms with Gasteiger partial charge in [0.25, 0.3) is 0 Å². The average molecular weight is 239 g/mol. The van der Waals surface area contributed by atoms with E-state index >= 15 is 0 Å². The molecule has 3 N–H and O–H groups in total. The first-order valence-electron chi connectivity index (χ1n) is 6.89. The van der Waals surface area contributed by atoms with E-state index in [2.05, 4.69) is 17.3 Å². The van der Waals surface area contributed by atoms with Crippen LogP contribution in [0.25, 0.3) is 0 Å². The standard InChI is InChI=1S/C13H25N3O/c1-16-7-5-11(6-8-16)15-13(17)12-4-2-3-10(12)9-14/h10-12H,2-9,14H2,1H3,(H,15,17)/t10-,12-/m1/s1. The predicted octanol–water partition coefficient (Wildman–Crippen LogP) is 0.572. The molecule has 1 saturated carbocycles. The fourth-order valence-electron chi connectivity index (χ4n) is 3.13. The Kier molecular flexibility index (Phi) is 4.40. The fraction of sp³-hybridized carbons (Fsp3) is 0.923. The molecule has 1 heterocycles. The van der Waals surface area contributed by atoms with Gasteiger partial charge in [-0.3, -0.25) is 4.79 Å². The zero-order valence-corrected chi connectivity index (χ0v) is 10.8. The second-order valence-electron chi connectivity index (χ2n) is 5.62. The first kappa shape index (κ1) is 12.8. The van der Waals surface area contributed by atoms with Gasteiger partial charge in [-0.15, -0.1) is 0 Å². The molecule has 0 aromatic carbocycles. The molecule has 1 aliphatic heterocycles. The number of hydrogen-bond donors (Lipinski definition) is 2. The van der Waals surface area contributed by atoms with E-state index in [1.807, 2.05) is 0 Å². The number of likely N-dealkylation sites (tertiary alicyclic amines) is 1. The number of amides is 1. The molecule has 17 heavy (non-hydrogen) atoms. The van der Waals surface area contributed by atoms with Crippen LogP contribution in [0.3, 0.4) is 0 Å². The van der Waals surface area contributed by atoms with E-state index in [-0.39, 0.29) is 11.8 Å². The Balaban J connectivity index is 1.80. The highest BCUT2D eigenvalue weighted by atomic mass is 16.2. The second-order valence-corrected chi connectivity index (χ2v) is 5.62. The highest BCUT2D eigenvalue weighted by Crippen LogP contribution is 2.31. The van der Waals surface area contributed by atoms with Gasteiger partial charge in [0, 0.05) is 12.0 Å². The maximum absolute atomic E-state index is 12.2. The molecule has 2 atom stereocenters. The normalized spacial score (nSPS) is 31.6. The van der Waals surface area contributed by atoms with Gasteiger partial charge in [-0.2, -0.15) is 0 Å². The van der Waals surface area contributed by atoms with Gasteiger partial charge < -0.3 is 16.0 Å². The molecule has 0 bridgehead atoms. The molecule has 0 spiro atoms. The summed E-state index contributed by atoms with van der Waals surface area (Å²) in [6, 6.07) is 0.387. The first-order chi connectivity index (χ1) is 8.20. The Morgan fingerprint density at radius 2 is 2.00 bits per heavy atom. The number of piperidine rings is 1. The zero-order chi connectivity index (χ0) is 12.3. The number of carbonyl (C=O) groups excluding carboxylic acids is 1. The molecule has 0 unspecified atom stereocenters. The van der Waals surface area contributed by atoms with Gasteiger partial charge in [-0.1, -0.05) is 6.42 Å². The minimum absolute atomic E-state index is 0.180. The molecule has 0 aromatic rings. The van der Waals surface area contributed by atoms with Crippen LogP contribution >= 0.6 is 0 Å². The summed E-state index contributed by atoms with van der Waals surface area (Å²) in [6.07, 6.45) is 5.49. The van der Waals surface area contributed by atoms with E-state index in [4.69, 9.17) is 5.73 Å². The molecule has 0 radical (unpaired) electrons. The molecule has 2 fully saturated rings. The lowest BCUT2D eigenvalue weighted by atomic mass is 9.94. The number of hydrogen-bond acceptors (Lipinski definition) is 3. The maximum atomic E-state index is 12.2. The van der Waals surface area contributed by atoms with Crippen molar-refractivity contribution in [2.75, 3.05) is 26.7 Å². The van der Waals surface area contributed by atoms with Crippen LogP contribution in [0.4, 0.5) is 0 Å². The number of nitrogens with two attached hydrogens (primary N) is 1. The van der Waals surface area contributed by atoms with E-state index in [1.165, 1.54) is 0 Å². The predicted molar refractivity (Wildman–Crippen MR) is 68.5 cm³/mol. The van der Waals surface area contributed by atoms with Crippen LogP contribution in [0.1, 0.15) is 32.1 Å². The molecule has 2 aliphatic rings. The summed E-state index contributed by atoms with van der Waals surface area (Å²) < 4.78 is 0. The molecule has 4 nitrogen and oxygen atoms in total. The van der Waals surface area contributed by atoms with Crippen molar-refractivity contribution in [3.05, 3.63) is 0 Å². The van der Waals surface area contributed by atoms with Crippen LogP contribution in [0.2, 0.25) is 0 Å². The Labute approximate surface area is 104 Å². The monoisotopic (exact) mass is 239 g/mol. The molecule has 4 heteroatoms. The smallest absolute Gasteiger partial charge is 0.223 e. The summed E-state index contributed by atoms with van der Waals surface area (Å²) in [5.74, 6) is 0.855. The second kappa shape index (κ2) is 5.83. The van der Waals surface area contributed by atoms with Gasteiger partial charge in [0.05, 0.1) is 0 Å². The van der Waals surface area contributed by atoms with Crippen molar-refractivity contribution < 1.29 is 4.79 Å². The summed E-state index contributed by atoms with van der Waals surface area (Å²) in [6.45, 7) is 2.84. The lowest BCUT2D eigenvalue weighted by Crippen LogP contribution is -2.46. The van der Waals surface area contributed by atoms with E-state index in [9.17, 15) is 4.79 Å². The van der Waals surface area contributed by atoms with Crippen molar-refractivity contribution >= 4 is 5.91 Å². The molecule has 2 rings (SSSR count). The number of nitrogens with zero attached hydrogens (tertiary/aromatic N) is 1. The lowest BCUT2D eigenvalue weighted by molar-refractivity contribution is -0.127. The third kappa shape index (κ3) is 3.19. The summed E-state index contributed by atoms with van der Waals surface area (Å²) in [4.78, 5) is 14.5. The average Bonchev–Trinajstić information content (AvgIpc) is 2.80. The Morgan fingerprint density at radius 1 is 1.29 bits per heavy atom. The zero-order valence-electron chi connectivity index (χ0n) is 10.8. The van der Waals surface area contributed by atoms with E-state index in [1.54, 1.807) is 0 Å². The van der Waals surface area contributed by atoms with Gasteiger partial charge >= 0.3 is 0 Å². The van der Waals surface area contributed by atoms with Gasteiger partial charge in [0.1, 0.15) is 0 Å².